The van der Waals surface area contributed by atoms with Crippen molar-refractivity contribution in [2.75, 3.05) is 11.1 Å². The highest BCUT2D eigenvalue weighted by atomic mass is 32.2. The maximum atomic E-state index is 12.7. The van der Waals surface area contributed by atoms with Gasteiger partial charge in [-0.05, 0) is 50.6 Å². The first-order chi connectivity index (χ1) is 15.1. The Morgan fingerprint density at radius 2 is 1.90 bits per heavy atom. The Morgan fingerprint density at radius 3 is 2.74 bits per heavy atom. The third-order valence-corrected chi connectivity index (χ3v) is 7.75. The van der Waals surface area contributed by atoms with E-state index >= 15 is 0 Å². The van der Waals surface area contributed by atoms with Crippen molar-refractivity contribution >= 4 is 66.7 Å². The number of benzene rings is 2. The van der Waals surface area contributed by atoms with Crippen LogP contribution in [0.5, 0.6) is 0 Å². The van der Waals surface area contributed by atoms with Gasteiger partial charge in [0.25, 0.3) is 0 Å². The van der Waals surface area contributed by atoms with Gasteiger partial charge in [0.05, 0.1) is 5.75 Å². The number of carbonyl (C=O) groups is 1. The van der Waals surface area contributed by atoms with Crippen molar-refractivity contribution in [3.05, 3.63) is 59.2 Å². The quantitative estimate of drug-likeness (QED) is 0.259. The SMILES string of the molecule is CCn1c2ccccc2c2cc(NC(=O)CSc3ncnc4sc(C)c(C)c34)ccc21. The largest absolute Gasteiger partial charge is 0.341 e. The molecule has 7 heteroatoms. The zero-order valence-electron chi connectivity index (χ0n) is 17.6. The van der Waals surface area contributed by atoms with E-state index in [9.17, 15) is 4.79 Å². The van der Waals surface area contributed by atoms with E-state index in [2.05, 4.69) is 77.0 Å². The summed E-state index contributed by atoms with van der Waals surface area (Å²) in [7, 11) is 0. The molecule has 5 rings (SSSR count). The molecule has 0 spiro atoms. The van der Waals surface area contributed by atoms with Gasteiger partial charge in [-0.1, -0.05) is 30.0 Å². The summed E-state index contributed by atoms with van der Waals surface area (Å²) in [5.74, 6) is 0.259. The van der Waals surface area contributed by atoms with E-state index in [1.807, 2.05) is 6.07 Å². The van der Waals surface area contributed by atoms with Gasteiger partial charge < -0.3 is 9.88 Å². The minimum absolute atomic E-state index is 0.0417. The molecule has 0 radical (unpaired) electrons. The summed E-state index contributed by atoms with van der Waals surface area (Å²) >= 11 is 3.13. The molecule has 31 heavy (non-hydrogen) atoms. The van der Waals surface area contributed by atoms with Crippen molar-refractivity contribution in [2.45, 2.75) is 32.3 Å². The van der Waals surface area contributed by atoms with Crippen molar-refractivity contribution in [2.24, 2.45) is 0 Å². The van der Waals surface area contributed by atoms with E-state index in [0.717, 1.165) is 32.9 Å². The van der Waals surface area contributed by atoms with Gasteiger partial charge in [0, 0.05) is 44.3 Å². The first kappa shape index (κ1) is 20.0. The van der Waals surface area contributed by atoms with Gasteiger partial charge >= 0.3 is 0 Å². The lowest BCUT2D eigenvalue weighted by molar-refractivity contribution is -0.113. The monoisotopic (exact) mass is 446 g/mol. The number of hydrogen-bond acceptors (Lipinski definition) is 5. The highest BCUT2D eigenvalue weighted by Crippen LogP contribution is 2.35. The Hall–Kier alpha value is -2.90. The predicted octanol–water partition coefficient (Wildman–Crippen LogP) is 6.17. The van der Waals surface area contributed by atoms with E-state index in [1.165, 1.54) is 38.6 Å². The molecule has 0 atom stereocenters. The molecule has 5 nitrogen and oxygen atoms in total. The van der Waals surface area contributed by atoms with Crippen molar-refractivity contribution in [1.82, 2.24) is 14.5 Å². The van der Waals surface area contributed by atoms with Crippen LogP contribution in [0.25, 0.3) is 32.0 Å². The third-order valence-electron chi connectivity index (χ3n) is 5.64. The summed E-state index contributed by atoms with van der Waals surface area (Å²) in [5.41, 5.74) is 4.41. The van der Waals surface area contributed by atoms with Crippen LogP contribution in [0.15, 0.2) is 53.8 Å². The molecule has 3 aromatic heterocycles. The minimum atomic E-state index is -0.0417. The lowest BCUT2D eigenvalue weighted by Gasteiger charge is -2.07. The Kier molecular flexibility index (Phi) is 5.16. The second kappa shape index (κ2) is 7.98. The predicted molar refractivity (Wildman–Crippen MR) is 131 cm³/mol. The van der Waals surface area contributed by atoms with E-state index in [0.29, 0.717) is 5.75 Å². The summed E-state index contributed by atoms with van der Waals surface area (Å²) in [6.45, 7) is 7.24. The third kappa shape index (κ3) is 3.47. The fourth-order valence-corrected chi connectivity index (χ4v) is 5.98. The Balaban J connectivity index is 1.38. The van der Waals surface area contributed by atoms with Crippen LogP contribution in [0.4, 0.5) is 5.69 Å². The number of fused-ring (bicyclic) bond motifs is 4. The minimum Gasteiger partial charge on any atom is -0.341 e. The van der Waals surface area contributed by atoms with Crippen LogP contribution in [0.2, 0.25) is 0 Å². The molecule has 0 aliphatic rings. The molecule has 1 N–H and O–H groups in total. The zero-order chi connectivity index (χ0) is 21.5. The molecule has 5 aromatic rings. The van der Waals surface area contributed by atoms with Crippen LogP contribution < -0.4 is 5.32 Å². The van der Waals surface area contributed by atoms with Gasteiger partial charge in [0.2, 0.25) is 5.91 Å². The zero-order valence-corrected chi connectivity index (χ0v) is 19.2. The van der Waals surface area contributed by atoms with Gasteiger partial charge in [0.1, 0.15) is 16.2 Å². The van der Waals surface area contributed by atoms with Crippen molar-refractivity contribution < 1.29 is 4.79 Å². The molecule has 0 aliphatic carbocycles. The van der Waals surface area contributed by atoms with Crippen LogP contribution >= 0.6 is 23.1 Å². The van der Waals surface area contributed by atoms with Gasteiger partial charge in [-0.3, -0.25) is 4.79 Å². The lowest BCUT2D eigenvalue weighted by Crippen LogP contribution is -2.14. The molecule has 0 fully saturated rings. The van der Waals surface area contributed by atoms with Gasteiger partial charge in [-0.25, -0.2) is 9.97 Å². The smallest absolute Gasteiger partial charge is 0.234 e. The van der Waals surface area contributed by atoms with Gasteiger partial charge in [-0.15, -0.1) is 11.3 Å². The summed E-state index contributed by atoms with van der Waals surface area (Å²) in [5, 5.41) is 7.35. The summed E-state index contributed by atoms with van der Waals surface area (Å²) in [6, 6.07) is 14.5. The average Bonchev–Trinajstić information content (AvgIpc) is 3.26. The summed E-state index contributed by atoms with van der Waals surface area (Å²) in [4.78, 5) is 23.7. The standard InChI is InChI=1S/C24H22N4OS2/c1-4-28-19-8-6-5-7-17(19)18-11-16(9-10-20(18)28)27-21(29)12-30-23-22-14(2)15(3)31-24(22)26-13-25-23/h5-11,13H,4,12H2,1-3H3,(H,27,29). The topological polar surface area (TPSA) is 59.8 Å². The number of thiophene rings is 1. The number of thioether (sulfide) groups is 1. The van der Waals surface area contributed by atoms with Crippen LogP contribution in [-0.2, 0) is 11.3 Å². The first-order valence-corrected chi connectivity index (χ1v) is 12.0. The number of anilines is 1. The van der Waals surface area contributed by atoms with Gasteiger partial charge in [-0.2, -0.15) is 0 Å². The van der Waals surface area contributed by atoms with Crippen molar-refractivity contribution in [1.29, 1.82) is 0 Å². The number of rotatable bonds is 5. The fraction of sp³-hybridized carbons (Fsp3) is 0.208. The molecule has 2 aromatic carbocycles. The lowest BCUT2D eigenvalue weighted by atomic mass is 10.1. The number of amides is 1. The summed E-state index contributed by atoms with van der Waals surface area (Å²) in [6.07, 6.45) is 1.58. The molecule has 156 valence electrons. The number of hydrogen-bond donors (Lipinski definition) is 1. The molecule has 1 amide bonds. The highest BCUT2D eigenvalue weighted by Gasteiger charge is 2.15. The number of carbonyl (C=O) groups excluding carboxylic acids is 1. The van der Waals surface area contributed by atoms with Crippen LogP contribution in [-0.4, -0.2) is 26.2 Å². The average molecular weight is 447 g/mol. The number of aromatic nitrogens is 3. The number of aryl methyl sites for hydroxylation is 3. The fourth-order valence-electron chi connectivity index (χ4n) is 4.06. The van der Waals surface area contributed by atoms with Crippen LogP contribution in [0.1, 0.15) is 17.4 Å². The van der Waals surface area contributed by atoms with Crippen molar-refractivity contribution in [3.8, 4) is 0 Å². The molecular formula is C24H22N4OS2. The molecule has 3 heterocycles. The number of nitrogens with one attached hydrogen (secondary N) is 1. The highest BCUT2D eigenvalue weighted by molar-refractivity contribution is 8.00. The molecule has 0 saturated heterocycles. The second-order valence-corrected chi connectivity index (χ2v) is 9.64. The number of nitrogens with zero attached hydrogens (tertiary/aromatic N) is 3. The van der Waals surface area contributed by atoms with Crippen molar-refractivity contribution in [3.63, 3.8) is 0 Å². The maximum absolute atomic E-state index is 12.7. The molecule has 0 unspecified atom stereocenters. The maximum Gasteiger partial charge on any atom is 0.234 e. The Morgan fingerprint density at radius 1 is 1.10 bits per heavy atom. The molecule has 0 saturated carbocycles. The summed E-state index contributed by atoms with van der Waals surface area (Å²) < 4.78 is 2.30. The van der Waals surface area contributed by atoms with E-state index in [-0.39, 0.29) is 5.91 Å². The molecule has 0 bridgehead atoms. The first-order valence-electron chi connectivity index (χ1n) is 10.2. The van der Waals surface area contributed by atoms with Crippen LogP contribution in [0.3, 0.4) is 0 Å². The molecular weight excluding hydrogens is 424 g/mol. The van der Waals surface area contributed by atoms with Gasteiger partial charge in [0.15, 0.2) is 0 Å². The van der Waals surface area contributed by atoms with E-state index in [1.54, 1.807) is 17.7 Å². The van der Waals surface area contributed by atoms with Crippen LogP contribution in [0, 0.1) is 13.8 Å². The van der Waals surface area contributed by atoms with E-state index < -0.39 is 0 Å². The molecule has 0 aliphatic heterocycles. The normalized spacial score (nSPS) is 11.6. The number of para-hydroxylation sites is 1. The Labute approximate surface area is 188 Å². The second-order valence-electron chi connectivity index (χ2n) is 7.47. The Bertz CT molecular complexity index is 1450. The van der Waals surface area contributed by atoms with E-state index in [4.69, 9.17) is 0 Å².